The van der Waals surface area contributed by atoms with E-state index < -0.39 is 38.5 Å². The molecule has 1 aliphatic rings. The number of amides is 1. The third-order valence-electron chi connectivity index (χ3n) is 4.47. The van der Waals surface area contributed by atoms with Gasteiger partial charge in [0.2, 0.25) is 15.2 Å². The van der Waals surface area contributed by atoms with Crippen molar-refractivity contribution < 1.29 is 31.1 Å². The highest BCUT2D eigenvalue weighted by molar-refractivity contribution is 7.89. The first-order valence-electron chi connectivity index (χ1n) is 9.34. The third-order valence-corrected chi connectivity index (χ3v) is 7.11. The summed E-state index contributed by atoms with van der Waals surface area (Å²) in [6, 6.07) is 8.30. The largest absolute Gasteiger partial charge is 0.418 e. The van der Waals surface area contributed by atoms with Gasteiger partial charge in [-0.15, -0.1) is 0 Å². The third kappa shape index (κ3) is 6.15. The van der Waals surface area contributed by atoms with Crippen molar-refractivity contribution in [3.05, 3.63) is 53.1 Å². The monoisotopic (exact) mass is 524 g/mol. The molecule has 3 rings (SSSR count). The van der Waals surface area contributed by atoms with Gasteiger partial charge in [-0.1, -0.05) is 35.3 Å². The summed E-state index contributed by atoms with van der Waals surface area (Å²) in [5.41, 5.74) is 0.763. The van der Waals surface area contributed by atoms with Gasteiger partial charge in [-0.3, -0.25) is 10.2 Å². The van der Waals surface area contributed by atoms with Crippen LogP contribution in [-0.2, 0) is 25.7 Å². The molecule has 0 aliphatic carbocycles. The fourth-order valence-corrected chi connectivity index (χ4v) is 4.87. The molecule has 0 spiro atoms. The quantitative estimate of drug-likeness (QED) is 0.439. The van der Waals surface area contributed by atoms with Crippen LogP contribution in [0.5, 0.6) is 0 Å². The van der Waals surface area contributed by atoms with Gasteiger partial charge in [0.05, 0.1) is 29.5 Å². The number of hydrogen-bond donors (Lipinski definition) is 2. The summed E-state index contributed by atoms with van der Waals surface area (Å²) in [5.74, 6) is -0.981. The number of morpholine rings is 1. The van der Waals surface area contributed by atoms with Crippen LogP contribution in [0.2, 0.25) is 5.02 Å². The maximum atomic E-state index is 13.0. The number of ether oxygens (including phenoxy) is 1. The summed E-state index contributed by atoms with van der Waals surface area (Å²) in [5, 5.41) is 5.06. The number of anilines is 2. The van der Waals surface area contributed by atoms with E-state index in [2.05, 4.69) is 15.8 Å². The first-order valence-corrected chi connectivity index (χ1v) is 11.5. The Morgan fingerprint density at radius 1 is 1.12 bits per heavy atom. The Morgan fingerprint density at radius 3 is 2.45 bits per heavy atom. The van der Waals surface area contributed by atoms with Crippen molar-refractivity contribution in [3.63, 3.8) is 0 Å². The lowest BCUT2D eigenvalue weighted by molar-refractivity contribution is -0.137. The molecule has 1 fully saturated rings. The Labute approximate surface area is 197 Å². The highest BCUT2D eigenvalue weighted by Gasteiger charge is 2.33. The van der Waals surface area contributed by atoms with Gasteiger partial charge < -0.3 is 10.1 Å². The van der Waals surface area contributed by atoms with Gasteiger partial charge in [0.25, 0.3) is 5.91 Å². The van der Waals surface area contributed by atoms with Crippen molar-refractivity contribution in [3.8, 4) is 0 Å². The number of nitrogens with zero attached hydrogens (tertiary/aromatic N) is 2. The first kappa shape index (κ1) is 25.2. The van der Waals surface area contributed by atoms with Gasteiger partial charge in [0.15, 0.2) is 0 Å². The summed E-state index contributed by atoms with van der Waals surface area (Å²) < 4.78 is 71.3. The van der Waals surface area contributed by atoms with Crippen LogP contribution in [0, 0.1) is 0 Å². The number of halogens is 5. The van der Waals surface area contributed by atoms with E-state index in [4.69, 9.17) is 27.9 Å². The molecule has 2 aromatic rings. The molecule has 1 saturated heterocycles. The van der Waals surface area contributed by atoms with Crippen molar-refractivity contribution in [2.75, 3.05) is 37.0 Å². The maximum absolute atomic E-state index is 13.0. The van der Waals surface area contributed by atoms with Crippen LogP contribution >= 0.6 is 23.2 Å². The van der Waals surface area contributed by atoms with Crippen LogP contribution in [0.25, 0.3) is 0 Å². The Balaban J connectivity index is 1.76. The van der Waals surface area contributed by atoms with E-state index in [0.29, 0.717) is 0 Å². The summed E-state index contributed by atoms with van der Waals surface area (Å²) in [6.07, 6.45) is -4.64. The maximum Gasteiger partial charge on any atom is 0.418 e. The number of hydrogen-bond acceptors (Lipinski definition) is 6. The second kappa shape index (κ2) is 10.3. The number of rotatable bonds is 6. The summed E-state index contributed by atoms with van der Waals surface area (Å²) >= 11 is 11.9. The lowest BCUT2D eigenvalue weighted by atomic mass is 10.2. The molecule has 33 heavy (non-hydrogen) atoms. The lowest BCUT2D eigenvalue weighted by Crippen LogP contribution is -2.40. The van der Waals surface area contributed by atoms with E-state index in [1.165, 1.54) is 28.6 Å². The average molecular weight is 525 g/mol. The van der Waals surface area contributed by atoms with Crippen LogP contribution < -0.4 is 10.7 Å². The van der Waals surface area contributed by atoms with E-state index in [1.54, 1.807) is 0 Å². The minimum absolute atomic E-state index is 0.0419. The van der Waals surface area contributed by atoms with Gasteiger partial charge in [0.1, 0.15) is 4.90 Å². The van der Waals surface area contributed by atoms with Crippen molar-refractivity contribution in [2.24, 2.45) is 5.10 Å². The van der Waals surface area contributed by atoms with Crippen molar-refractivity contribution >= 4 is 55.7 Å². The van der Waals surface area contributed by atoms with Gasteiger partial charge in [-0.05, 0) is 30.3 Å². The number of para-hydroxylation sites is 1. The zero-order chi connectivity index (χ0) is 24.2. The molecular weight excluding hydrogens is 508 g/mol. The fraction of sp³-hybridized carbons (Fsp3) is 0.263. The Bertz CT molecular complexity index is 1170. The van der Waals surface area contributed by atoms with Crippen molar-refractivity contribution in [2.45, 2.75) is 11.1 Å². The number of benzene rings is 2. The van der Waals surface area contributed by atoms with Gasteiger partial charge in [0, 0.05) is 18.8 Å². The Kier molecular flexibility index (Phi) is 7.85. The van der Waals surface area contributed by atoms with Crippen LogP contribution in [0.15, 0.2) is 52.5 Å². The summed E-state index contributed by atoms with van der Waals surface area (Å²) in [7, 11) is -3.95. The van der Waals surface area contributed by atoms with E-state index in [-0.39, 0.29) is 41.9 Å². The predicted octanol–water partition coefficient (Wildman–Crippen LogP) is 3.98. The molecule has 1 amide bonds. The average Bonchev–Trinajstić information content (AvgIpc) is 2.78. The van der Waals surface area contributed by atoms with Gasteiger partial charge >= 0.3 is 6.18 Å². The molecule has 178 valence electrons. The molecule has 1 aliphatic heterocycles. The van der Waals surface area contributed by atoms with Gasteiger partial charge in [-0.25, -0.2) is 8.42 Å². The number of carbonyl (C=O) groups is 1. The van der Waals surface area contributed by atoms with Crippen LogP contribution in [0.4, 0.5) is 24.5 Å². The second-order valence-corrected chi connectivity index (χ2v) is 9.35. The molecule has 14 heteroatoms. The second-order valence-electron chi connectivity index (χ2n) is 6.67. The number of sulfonamides is 1. The molecule has 0 atom stereocenters. The molecule has 2 aromatic carbocycles. The molecule has 0 radical (unpaired) electrons. The molecular formula is C19H17Cl2F3N4O4S. The van der Waals surface area contributed by atoms with Crippen LogP contribution in [-0.4, -0.2) is 50.1 Å². The van der Waals surface area contributed by atoms with Crippen LogP contribution in [0.3, 0.4) is 0 Å². The standard InChI is InChI=1S/C19H17Cl2F3N4O4S/c20-14-6-5-12(11-16(14)33(30,31)28-7-9-32-10-8-28)25-18(29)17(21)27-26-15-4-2-1-3-13(15)19(22,23)24/h1-6,11,26H,7-10H2,(H,25,29). The molecule has 2 N–H and O–H groups in total. The number of carbonyl (C=O) groups excluding carboxylic acids is 1. The SMILES string of the molecule is O=C(Nc1ccc(Cl)c(S(=O)(=O)N2CCOCC2)c1)C(Cl)=NNc1ccccc1C(F)(F)F. The highest BCUT2D eigenvalue weighted by Crippen LogP contribution is 2.34. The minimum Gasteiger partial charge on any atom is -0.379 e. The number of nitrogens with one attached hydrogen (secondary N) is 2. The van der Waals surface area contributed by atoms with Crippen LogP contribution in [0.1, 0.15) is 5.56 Å². The summed E-state index contributed by atoms with van der Waals surface area (Å²) in [6.45, 7) is 0.783. The number of hydrazone groups is 1. The molecule has 0 saturated carbocycles. The Morgan fingerprint density at radius 2 is 1.79 bits per heavy atom. The van der Waals surface area contributed by atoms with E-state index in [0.717, 1.165) is 18.2 Å². The Hall–Kier alpha value is -2.38. The minimum atomic E-state index is -4.64. The number of alkyl halides is 3. The molecule has 0 unspecified atom stereocenters. The lowest BCUT2D eigenvalue weighted by Gasteiger charge is -2.26. The van der Waals surface area contributed by atoms with E-state index in [9.17, 15) is 26.4 Å². The van der Waals surface area contributed by atoms with Crippen molar-refractivity contribution in [1.29, 1.82) is 0 Å². The first-order chi connectivity index (χ1) is 15.5. The smallest absolute Gasteiger partial charge is 0.379 e. The normalized spacial score (nSPS) is 15.8. The van der Waals surface area contributed by atoms with E-state index >= 15 is 0 Å². The fourth-order valence-electron chi connectivity index (χ4n) is 2.88. The molecule has 0 bridgehead atoms. The zero-order valence-corrected chi connectivity index (χ0v) is 19.0. The molecule has 0 aromatic heterocycles. The topological polar surface area (TPSA) is 100 Å². The predicted molar refractivity (Wildman–Crippen MR) is 118 cm³/mol. The van der Waals surface area contributed by atoms with Gasteiger partial charge in [-0.2, -0.15) is 22.6 Å². The van der Waals surface area contributed by atoms with E-state index in [1.807, 2.05) is 0 Å². The zero-order valence-electron chi connectivity index (χ0n) is 16.7. The molecule has 8 nitrogen and oxygen atoms in total. The van der Waals surface area contributed by atoms with Crippen molar-refractivity contribution in [1.82, 2.24) is 4.31 Å². The highest BCUT2D eigenvalue weighted by atomic mass is 35.5. The molecule has 1 heterocycles. The summed E-state index contributed by atoms with van der Waals surface area (Å²) in [4.78, 5) is 12.1.